The van der Waals surface area contributed by atoms with Crippen LogP contribution in [0.15, 0.2) is 24.3 Å². The van der Waals surface area contributed by atoms with Crippen molar-refractivity contribution in [2.24, 2.45) is 0 Å². The second-order valence-corrected chi connectivity index (χ2v) is 6.68. The van der Waals surface area contributed by atoms with Crippen LogP contribution < -0.4 is 5.32 Å². The number of carbonyl (C=O) groups is 2. The van der Waals surface area contributed by atoms with Crippen LogP contribution in [0, 0.1) is 0 Å². The van der Waals surface area contributed by atoms with Crippen LogP contribution in [-0.2, 0) is 14.3 Å². The van der Waals surface area contributed by atoms with Gasteiger partial charge < -0.3 is 10.1 Å². The molecule has 0 aliphatic rings. The fourth-order valence-corrected chi connectivity index (χ4v) is 2.54. The Morgan fingerprint density at radius 2 is 1.46 bits per heavy atom. The minimum atomic E-state index is -0.166. The molecule has 26 heavy (non-hydrogen) atoms. The number of ether oxygens (including phenoxy) is 1. The Morgan fingerprint density at radius 1 is 0.846 bits per heavy atom. The van der Waals surface area contributed by atoms with Crippen LogP contribution in [-0.4, -0.2) is 25.0 Å². The molecule has 0 heterocycles. The summed E-state index contributed by atoms with van der Waals surface area (Å²) in [5.74, 6) is -0.268. The molecule has 4 nitrogen and oxygen atoms in total. The van der Waals surface area contributed by atoms with Crippen LogP contribution in [0.2, 0.25) is 0 Å². The van der Waals surface area contributed by atoms with Crippen LogP contribution in [0.5, 0.6) is 0 Å². The lowest BCUT2D eigenvalue weighted by molar-refractivity contribution is -0.144. The molecular formula is C22H39NO3. The van der Waals surface area contributed by atoms with E-state index in [1.807, 2.05) is 0 Å². The first-order chi connectivity index (χ1) is 12.7. The molecule has 0 aromatic heterocycles. The topological polar surface area (TPSA) is 55.4 Å². The Labute approximate surface area is 160 Å². The molecule has 0 aromatic carbocycles. The van der Waals surface area contributed by atoms with Gasteiger partial charge >= 0.3 is 5.97 Å². The number of rotatable bonds is 17. The van der Waals surface area contributed by atoms with E-state index in [1.54, 1.807) is 0 Å². The van der Waals surface area contributed by atoms with Crippen molar-refractivity contribution in [3.8, 4) is 0 Å². The van der Waals surface area contributed by atoms with Crippen molar-refractivity contribution in [3.05, 3.63) is 24.3 Å². The summed E-state index contributed by atoms with van der Waals surface area (Å²) in [5, 5.41) is 2.60. The summed E-state index contributed by atoms with van der Waals surface area (Å²) in [6, 6.07) is 0. The van der Waals surface area contributed by atoms with Crippen molar-refractivity contribution < 1.29 is 14.3 Å². The first-order valence-corrected chi connectivity index (χ1v) is 10.4. The van der Waals surface area contributed by atoms with Crippen LogP contribution in [0.3, 0.4) is 0 Å². The molecule has 0 rings (SSSR count). The van der Waals surface area contributed by atoms with Crippen molar-refractivity contribution in [1.29, 1.82) is 0 Å². The summed E-state index contributed by atoms with van der Waals surface area (Å²) >= 11 is 0. The fourth-order valence-electron chi connectivity index (χ4n) is 2.54. The smallest absolute Gasteiger partial charge is 0.305 e. The summed E-state index contributed by atoms with van der Waals surface area (Å²) in [4.78, 5) is 22.1. The second kappa shape index (κ2) is 19.7. The zero-order valence-corrected chi connectivity index (χ0v) is 16.9. The van der Waals surface area contributed by atoms with Crippen LogP contribution in [0.4, 0.5) is 0 Å². The van der Waals surface area contributed by atoms with Gasteiger partial charge in [-0.3, -0.25) is 9.59 Å². The van der Waals surface area contributed by atoms with Crippen LogP contribution >= 0.6 is 0 Å². The summed E-state index contributed by atoms with van der Waals surface area (Å²) in [5.41, 5.74) is 0. The van der Waals surface area contributed by atoms with Crippen molar-refractivity contribution in [2.75, 3.05) is 13.2 Å². The second-order valence-electron chi connectivity index (χ2n) is 6.68. The number of nitrogens with one attached hydrogen (secondary N) is 1. The lowest BCUT2D eigenvalue weighted by atomic mass is 10.1. The Hall–Kier alpha value is -1.58. The molecule has 0 aromatic rings. The van der Waals surface area contributed by atoms with Gasteiger partial charge in [-0.2, -0.15) is 0 Å². The number of amides is 1. The van der Waals surface area contributed by atoms with E-state index in [-0.39, 0.29) is 18.5 Å². The zero-order chi connectivity index (χ0) is 19.3. The molecule has 0 bridgehead atoms. The third kappa shape index (κ3) is 20.5. The highest BCUT2D eigenvalue weighted by atomic mass is 16.5. The van der Waals surface area contributed by atoms with Crippen molar-refractivity contribution in [1.82, 2.24) is 5.32 Å². The summed E-state index contributed by atoms with van der Waals surface area (Å²) in [6.45, 7) is 4.34. The van der Waals surface area contributed by atoms with Crippen molar-refractivity contribution in [2.45, 2.75) is 90.9 Å². The lowest BCUT2D eigenvalue weighted by Crippen LogP contribution is -2.25. The molecule has 0 radical (unpaired) electrons. The minimum absolute atomic E-state index is 0.102. The van der Waals surface area contributed by atoms with E-state index in [0.717, 1.165) is 25.7 Å². The van der Waals surface area contributed by atoms with Gasteiger partial charge in [-0.1, -0.05) is 63.3 Å². The molecule has 0 saturated heterocycles. The Morgan fingerprint density at radius 3 is 2.12 bits per heavy atom. The largest absolute Gasteiger partial charge is 0.464 e. The SMILES string of the molecule is CCCCC/C=C\C/C=C\CCCCCCCC(=O)OCCNC(C)=O. The van der Waals surface area contributed by atoms with Gasteiger partial charge in [-0.25, -0.2) is 0 Å². The summed E-state index contributed by atoms with van der Waals surface area (Å²) in [6.07, 6.45) is 22.5. The number of unbranched alkanes of at least 4 members (excludes halogenated alkanes) is 8. The highest BCUT2D eigenvalue weighted by Gasteiger charge is 2.02. The maximum absolute atomic E-state index is 11.5. The third-order valence-corrected chi connectivity index (χ3v) is 4.07. The third-order valence-electron chi connectivity index (χ3n) is 4.07. The van der Waals surface area contributed by atoms with Crippen molar-refractivity contribution >= 4 is 11.9 Å². The molecule has 4 heteroatoms. The van der Waals surface area contributed by atoms with E-state index in [4.69, 9.17) is 4.74 Å². The quantitative estimate of drug-likeness (QED) is 0.211. The van der Waals surface area contributed by atoms with Gasteiger partial charge in [0.15, 0.2) is 0 Å². The highest BCUT2D eigenvalue weighted by Crippen LogP contribution is 2.08. The first kappa shape index (κ1) is 24.4. The number of hydrogen-bond acceptors (Lipinski definition) is 3. The minimum Gasteiger partial charge on any atom is -0.464 e. The molecule has 0 fully saturated rings. The Bertz CT molecular complexity index is 402. The van der Waals surface area contributed by atoms with Gasteiger partial charge in [-0.15, -0.1) is 0 Å². The summed E-state index contributed by atoms with van der Waals surface area (Å²) < 4.78 is 5.04. The monoisotopic (exact) mass is 365 g/mol. The Balaban J connectivity index is 3.29. The van der Waals surface area contributed by atoms with E-state index in [2.05, 4.69) is 36.5 Å². The average Bonchev–Trinajstić information content (AvgIpc) is 2.62. The molecule has 1 amide bonds. The molecular weight excluding hydrogens is 326 g/mol. The van der Waals surface area contributed by atoms with Crippen molar-refractivity contribution in [3.63, 3.8) is 0 Å². The standard InChI is InChI=1S/C22H39NO3/c1-3-4-5-6-7-8-9-10-11-12-13-14-15-16-17-18-22(25)26-20-19-23-21(2)24/h7-8,10-11H,3-6,9,12-20H2,1-2H3,(H,23,24)/b8-7-,11-10-. The van der Waals surface area contributed by atoms with E-state index >= 15 is 0 Å². The van der Waals surface area contributed by atoms with Gasteiger partial charge in [0.1, 0.15) is 6.61 Å². The lowest BCUT2D eigenvalue weighted by Gasteiger charge is -2.05. The predicted octanol–water partition coefficient (Wildman–Crippen LogP) is 5.48. The number of hydrogen-bond donors (Lipinski definition) is 1. The molecule has 0 spiro atoms. The van der Waals surface area contributed by atoms with Gasteiger partial charge in [-0.05, 0) is 38.5 Å². The molecule has 0 unspecified atom stereocenters. The van der Waals surface area contributed by atoms with Gasteiger partial charge in [0.25, 0.3) is 0 Å². The zero-order valence-electron chi connectivity index (χ0n) is 16.9. The maximum Gasteiger partial charge on any atom is 0.305 e. The number of allylic oxidation sites excluding steroid dienone is 4. The Kier molecular flexibility index (Phi) is 18.5. The van der Waals surface area contributed by atoms with Gasteiger partial charge in [0.05, 0.1) is 6.54 Å². The highest BCUT2D eigenvalue weighted by molar-refractivity contribution is 5.73. The van der Waals surface area contributed by atoms with E-state index in [9.17, 15) is 9.59 Å². The molecule has 0 aliphatic carbocycles. The predicted molar refractivity (Wildman–Crippen MR) is 109 cm³/mol. The van der Waals surface area contributed by atoms with Crippen LogP contribution in [0.25, 0.3) is 0 Å². The van der Waals surface area contributed by atoms with E-state index < -0.39 is 0 Å². The average molecular weight is 366 g/mol. The molecule has 1 N–H and O–H groups in total. The fraction of sp³-hybridized carbons (Fsp3) is 0.727. The number of esters is 1. The molecule has 0 atom stereocenters. The normalized spacial score (nSPS) is 11.3. The molecule has 150 valence electrons. The molecule has 0 aliphatic heterocycles. The van der Waals surface area contributed by atoms with Gasteiger partial charge in [0.2, 0.25) is 5.91 Å². The van der Waals surface area contributed by atoms with Crippen LogP contribution in [0.1, 0.15) is 90.9 Å². The number of carbonyl (C=O) groups excluding carboxylic acids is 2. The van der Waals surface area contributed by atoms with E-state index in [1.165, 1.54) is 51.9 Å². The summed E-state index contributed by atoms with van der Waals surface area (Å²) in [7, 11) is 0. The van der Waals surface area contributed by atoms with Gasteiger partial charge in [0, 0.05) is 13.3 Å². The molecule has 0 saturated carbocycles. The maximum atomic E-state index is 11.5. The van der Waals surface area contributed by atoms with E-state index in [0.29, 0.717) is 13.0 Å². The first-order valence-electron chi connectivity index (χ1n) is 10.4.